The second-order valence-electron chi connectivity index (χ2n) is 6.82. The van der Waals surface area contributed by atoms with Crippen molar-refractivity contribution in [3.05, 3.63) is 35.6 Å². The van der Waals surface area contributed by atoms with E-state index in [0.717, 1.165) is 6.42 Å². The first-order valence-corrected chi connectivity index (χ1v) is 9.96. The van der Waals surface area contributed by atoms with Gasteiger partial charge in [-0.3, -0.25) is 4.79 Å². The molecule has 2 rings (SSSR count). The lowest BCUT2D eigenvalue weighted by Crippen LogP contribution is -2.49. The summed E-state index contributed by atoms with van der Waals surface area (Å²) in [5.41, 5.74) is 0.578. The van der Waals surface area contributed by atoms with Gasteiger partial charge >= 0.3 is 0 Å². The van der Waals surface area contributed by atoms with Crippen LogP contribution in [0.3, 0.4) is 0 Å². The SMILES string of the molecule is C[C@H]1C[C@H](C)CN(S(=O)(=O)NCCNC(=O)Cc2cccc(F)c2)C1. The summed E-state index contributed by atoms with van der Waals surface area (Å²) in [4.78, 5) is 11.8. The zero-order chi connectivity index (χ0) is 18.4. The molecule has 1 saturated heterocycles. The zero-order valence-corrected chi connectivity index (χ0v) is 15.5. The van der Waals surface area contributed by atoms with E-state index in [-0.39, 0.29) is 31.2 Å². The van der Waals surface area contributed by atoms with Crippen LogP contribution in [0.25, 0.3) is 0 Å². The molecule has 2 N–H and O–H groups in total. The van der Waals surface area contributed by atoms with Crippen LogP contribution in [0.4, 0.5) is 4.39 Å². The Morgan fingerprint density at radius 1 is 1.24 bits per heavy atom. The van der Waals surface area contributed by atoms with Gasteiger partial charge < -0.3 is 5.32 Å². The lowest BCUT2D eigenvalue weighted by Gasteiger charge is -2.33. The van der Waals surface area contributed by atoms with Crippen molar-refractivity contribution < 1.29 is 17.6 Å². The molecule has 0 unspecified atom stereocenters. The minimum absolute atomic E-state index is 0.0612. The summed E-state index contributed by atoms with van der Waals surface area (Å²) in [5.74, 6) is 0.0191. The van der Waals surface area contributed by atoms with E-state index < -0.39 is 10.2 Å². The molecule has 1 aliphatic heterocycles. The van der Waals surface area contributed by atoms with Crippen molar-refractivity contribution in [3.8, 4) is 0 Å². The highest BCUT2D eigenvalue weighted by molar-refractivity contribution is 7.87. The van der Waals surface area contributed by atoms with Gasteiger partial charge in [-0.15, -0.1) is 0 Å². The van der Waals surface area contributed by atoms with Crippen LogP contribution >= 0.6 is 0 Å². The van der Waals surface area contributed by atoms with Crippen LogP contribution in [0, 0.1) is 17.7 Å². The first kappa shape index (κ1) is 19.8. The Hall–Kier alpha value is -1.51. The fourth-order valence-electron chi connectivity index (χ4n) is 3.17. The topological polar surface area (TPSA) is 78.5 Å². The number of nitrogens with zero attached hydrogens (tertiary/aromatic N) is 1. The summed E-state index contributed by atoms with van der Waals surface area (Å²) in [6.07, 6.45) is 1.09. The van der Waals surface area contributed by atoms with Gasteiger partial charge in [-0.2, -0.15) is 12.7 Å². The van der Waals surface area contributed by atoms with E-state index in [1.165, 1.54) is 16.4 Å². The lowest BCUT2D eigenvalue weighted by molar-refractivity contribution is -0.120. The fourth-order valence-corrected chi connectivity index (χ4v) is 4.61. The minimum atomic E-state index is -3.53. The third-order valence-electron chi connectivity index (χ3n) is 4.16. The number of hydrogen-bond acceptors (Lipinski definition) is 3. The number of piperidine rings is 1. The van der Waals surface area contributed by atoms with E-state index in [2.05, 4.69) is 10.0 Å². The van der Waals surface area contributed by atoms with Crippen molar-refractivity contribution in [1.82, 2.24) is 14.3 Å². The van der Waals surface area contributed by atoms with Crippen LogP contribution < -0.4 is 10.0 Å². The average Bonchev–Trinajstić information content (AvgIpc) is 2.51. The van der Waals surface area contributed by atoms with E-state index in [0.29, 0.717) is 30.5 Å². The second-order valence-corrected chi connectivity index (χ2v) is 8.57. The van der Waals surface area contributed by atoms with Crippen LogP contribution in [0.5, 0.6) is 0 Å². The number of benzene rings is 1. The fraction of sp³-hybridized carbons (Fsp3) is 0.588. The monoisotopic (exact) mass is 371 g/mol. The van der Waals surface area contributed by atoms with Crippen LogP contribution in [0.1, 0.15) is 25.8 Å². The third kappa shape index (κ3) is 6.37. The van der Waals surface area contributed by atoms with Crippen LogP contribution in [-0.4, -0.2) is 44.8 Å². The summed E-state index contributed by atoms with van der Waals surface area (Å²) < 4.78 is 41.7. The second kappa shape index (κ2) is 8.73. The number of rotatable bonds is 7. The van der Waals surface area contributed by atoms with Crippen LogP contribution in [0.2, 0.25) is 0 Å². The number of carbonyl (C=O) groups is 1. The molecule has 1 heterocycles. The number of hydrogen-bond donors (Lipinski definition) is 2. The van der Waals surface area contributed by atoms with Crippen molar-refractivity contribution in [2.75, 3.05) is 26.2 Å². The van der Waals surface area contributed by atoms with Crippen LogP contribution in [0.15, 0.2) is 24.3 Å². The van der Waals surface area contributed by atoms with E-state index in [9.17, 15) is 17.6 Å². The Kier molecular flexibility index (Phi) is 6.92. The van der Waals surface area contributed by atoms with Crippen molar-refractivity contribution in [2.45, 2.75) is 26.7 Å². The third-order valence-corrected chi connectivity index (χ3v) is 5.71. The number of amides is 1. The predicted octanol–water partition coefficient (Wildman–Crippen LogP) is 1.30. The molecule has 6 nitrogen and oxygen atoms in total. The van der Waals surface area contributed by atoms with Crippen molar-refractivity contribution in [2.24, 2.45) is 11.8 Å². The lowest BCUT2D eigenvalue weighted by atomic mass is 9.94. The number of halogens is 1. The standard InChI is InChI=1S/C17H26FN3O3S/c1-13-8-14(2)12-21(11-13)25(23,24)20-7-6-19-17(22)10-15-4-3-5-16(18)9-15/h3-5,9,13-14,20H,6-8,10-12H2,1-2H3,(H,19,22)/t13-,14-/m0/s1. The highest BCUT2D eigenvalue weighted by Crippen LogP contribution is 2.22. The quantitative estimate of drug-likeness (QED) is 0.709. The molecule has 1 aromatic rings. The van der Waals surface area contributed by atoms with Crippen molar-refractivity contribution >= 4 is 16.1 Å². The van der Waals surface area contributed by atoms with Gasteiger partial charge in [0.2, 0.25) is 5.91 Å². The molecule has 2 atom stereocenters. The molecule has 8 heteroatoms. The van der Waals surface area contributed by atoms with Gasteiger partial charge in [0.05, 0.1) is 6.42 Å². The van der Waals surface area contributed by atoms with E-state index in [1.54, 1.807) is 12.1 Å². The van der Waals surface area contributed by atoms with Crippen LogP contribution in [-0.2, 0) is 21.4 Å². The van der Waals surface area contributed by atoms with Gasteiger partial charge in [0.15, 0.2) is 0 Å². The Balaban J connectivity index is 1.73. The van der Waals surface area contributed by atoms with E-state index in [4.69, 9.17) is 0 Å². The largest absolute Gasteiger partial charge is 0.354 e. The van der Waals surface area contributed by atoms with Gasteiger partial charge in [0, 0.05) is 26.2 Å². The summed E-state index contributed by atoms with van der Waals surface area (Å²) in [6, 6.07) is 5.84. The smallest absolute Gasteiger partial charge is 0.279 e. The molecule has 0 aliphatic carbocycles. The van der Waals surface area contributed by atoms with Crippen molar-refractivity contribution in [3.63, 3.8) is 0 Å². The Morgan fingerprint density at radius 2 is 1.92 bits per heavy atom. The first-order chi connectivity index (χ1) is 11.8. The van der Waals surface area contributed by atoms with Gasteiger partial charge in [0.25, 0.3) is 10.2 Å². The molecule has 1 fully saturated rings. The average molecular weight is 371 g/mol. The molecule has 0 saturated carbocycles. The molecule has 140 valence electrons. The minimum Gasteiger partial charge on any atom is -0.354 e. The molecule has 0 radical (unpaired) electrons. The molecule has 0 aromatic heterocycles. The maximum Gasteiger partial charge on any atom is 0.279 e. The molecule has 1 aromatic carbocycles. The van der Waals surface area contributed by atoms with Crippen molar-refractivity contribution in [1.29, 1.82) is 0 Å². The van der Waals surface area contributed by atoms with Gasteiger partial charge in [-0.1, -0.05) is 26.0 Å². The maximum absolute atomic E-state index is 13.1. The van der Waals surface area contributed by atoms with E-state index in [1.807, 2.05) is 13.8 Å². The van der Waals surface area contributed by atoms with Gasteiger partial charge in [-0.05, 0) is 36.0 Å². The van der Waals surface area contributed by atoms with Gasteiger partial charge in [0.1, 0.15) is 5.82 Å². The summed E-state index contributed by atoms with van der Waals surface area (Å²) in [6.45, 7) is 5.44. The number of nitrogens with one attached hydrogen (secondary N) is 2. The Labute approximate surface area is 149 Å². The predicted molar refractivity (Wildman–Crippen MR) is 94.6 cm³/mol. The van der Waals surface area contributed by atoms with Gasteiger partial charge in [-0.25, -0.2) is 9.11 Å². The molecule has 25 heavy (non-hydrogen) atoms. The molecule has 1 amide bonds. The highest BCUT2D eigenvalue weighted by Gasteiger charge is 2.29. The Bertz CT molecular complexity index is 686. The molecule has 1 aliphatic rings. The molecule has 0 spiro atoms. The number of carbonyl (C=O) groups excluding carboxylic acids is 1. The summed E-state index contributed by atoms with van der Waals surface area (Å²) in [7, 11) is -3.53. The molecular weight excluding hydrogens is 345 g/mol. The maximum atomic E-state index is 13.1. The summed E-state index contributed by atoms with van der Waals surface area (Å²) >= 11 is 0. The molecule has 0 bridgehead atoms. The molecular formula is C17H26FN3O3S. The normalized spacial score (nSPS) is 21.9. The van der Waals surface area contributed by atoms with E-state index >= 15 is 0 Å². The zero-order valence-electron chi connectivity index (χ0n) is 14.7. The first-order valence-electron chi connectivity index (χ1n) is 8.52. The Morgan fingerprint density at radius 3 is 2.56 bits per heavy atom. The highest BCUT2D eigenvalue weighted by atomic mass is 32.2. The summed E-state index contributed by atoms with van der Waals surface area (Å²) in [5, 5.41) is 2.64.